The minimum atomic E-state index is -0.0629. The number of hydrogen-bond acceptors (Lipinski definition) is 3. The van der Waals surface area contributed by atoms with E-state index in [1.54, 1.807) is 7.11 Å². The fourth-order valence-electron chi connectivity index (χ4n) is 1.96. The van der Waals surface area contributed by atoms with Gasteiger partial charge in [0.15, 0.2) is 0 Å². The SMILES string of the molecule is COc1cccc(NC(CN)c2cc(Br)ccc2Cl)c1. The van der Waals surface area contributed by atoms with Gasteiger partial charge < -0.3 is 15.8 Å². The maximum absolute atomic E-state index is 6.25. The van der Waals surface area contributed by atoms with Crippen molar-refractivity contribution in [1.82, 2.24) is 0 Å². The minimum Gasteiger partial charge on any atom is -0.497 e. The van der Waals surface area contributed by atoms with Crippen molar-refractivity contribution < 1.29 is 4.74 Å². The Bertz CT molecular complexity index is 592. The van der Waals surface area contributed by atoms with E-state index in [2.05, 4.69) is 21.2 Å². The summed E-state index contributed by atoms with van der Waals surface area (Å²) < 4.78 is 6.19. The van der Waals surface area contributed by atoms with Gasteiger partial charge in [-0.3, -0.25) is 0 Å². The van der Waals surface area contributed by atoms with E-state index in [4.69, 9.17) is 22.1 Å². The van der Waals surface area contributed by atoms with E-state index in [-0.39, 0.29) is 6.04 Å². The van der Waals surface area contributed by atoms with Crippen LogP contribution in [-0.2, 0) is 0 Å². The highest BCUT2D eigenvalue weighted by Crippen LogP contribution is 2.29. The molecular formula is C15H16BrClN2O. The summed E-state index contributed by atoms with van der Waals surface area (Å²) in [4.78, 5) is 0. The monoisotopic (exact) mass is 354 g/mol. The lowest BCUT2D eigenvalue weighted by atomic mass is 10.1. The van der Waals surface area contributed by atoms with Crippen LogP contribution in [0.1, 0.15) is 11.6 Å². The molecule has 3 N–H and O–H groups in total. The Morgan fingerprint density at radius 2 is 2.10 bits per heavy atom. The molecule has 106 valence electrons. The Morgan fingerprint density at radius 3 is 2.80 bits per heavy atom. The van der Waals surface area contributed by atoms with Crippen LogP contribution >= 0.6 is 27.5 Å². The summed E-state index contributed by atoms with van der Waals surface area (Å²) in [6, 6.07) is 13.4. The molecule has 3 nitrogen and oxygen atoms in total. The predicted molar refractivity (Wildman–Crippen MR) is 87.6 cm³/mol. The van der Waals surface area contributed by atoms with Gasteiger partial charge in [0.25, 0.3) is 0 Å². The first-order valence-corrected chi connectivity index (χ1v) is 7.36. The third-order valence-electron chi connectivity index (χ3n) is 2.98. The number of halogens is 2. The van der Waals surface area contributed by atoms with E-state index in [0.717, 1.165) is 21.5 Å². The standard InChI is InChI=1S/C15H16BrClN2O/c1-20-12-4-2-3-11(8-12)19-15(9-18)13-7-10(16)5-6-14(13)17/h2-8,15,19H,9,18H2,1H3. The van der Waals surface area contributed by atoms with Crippen molar-refractivity contribution in [1.29, 1.82) is 0 Å². The van der Waals surface area contributed by atoms with Crippen molar-refractivity contribution in [2.45, 2.75) is 6.04 Å². The maximum atomic E-state index is 6.25. The van der Waals surface area contributed by atoms with Gasteiger partial charge in [-0.25, -0.2) is 0 Å². The lowest BCUT2D eigenvalue weighted by Crippen LogP contribution is -2.21. The lowest BCUT2D eigenvalue weighted by Gasteiger charge is -2.20. The number of nitrogens with two attached hydrogens (primary N) is 1. The summed E-state index contributed by atoms with van der Waals surface area (Å²) in [5, 5.41) is 4.07. The van der Waals surface area contributed by atoms with Crippen LogP contribution in [0.15, 0.2) is 46.9 Å². The van der Waals surface area contributed by atoms with Gasteiger partial charge in [0.1, 0.15) is 5.75 Å². The van der Waals surface area contributed by atoms with Crippen molar-refractivity contribution >= 4 is 33.2 Å². The van der Waals surface area contributed by atoms with E-state index in [9.17, 15) is 0 Å². The second-order valence-corrected chi connectivity index (χ2v) is 5.65. The number of anilines is 1. The number of ether oxygens (including phenoxy) is 1. The minimum absolute atomic E-state index is 0.0629. The quantitative estimate of drug-likeness (QED) is 0.844. The van der Waals surface area contributed by atoms with Crippen LogP contribution in [0.4, 0.5) is 5.69 Å². The van der Waals surface area contributed by atoms with E-state index in [0.29, 0.717) is 11.6 Å². The molecule has 1 unspecified atom stereocenters. The van der Waals surface area contributed by atoms with Gasteiger partial charge in [-0.15, -0.1) is 0 Å². The number of hydrogen-bond donors (Lipinski definition) is 2. The first kappa shape index (κ1) is 15.2. The normalized spacial score (nSPS) is 12.0. The first-order chi connectivity index (χ1) is 9.63. The van der Waals surface area contributed by atoms with Crippen LogP contribution in [0.25, 0.3) is 0 Å². The number of benzene rings is 2. The lowest BCUT2D eigenvalue weighted by molar-refractivity contribution is 0.415. The summed E-state index contributed by atoms with van der Waals surface area (Å²) in [6.45, 7) is 0.438. The third-order valence-corrected chi connectivity index (χ3v) is 3.82. The molecule has 1 atom stereocenters. The van der Waals surface area contributed by atoms with Crippen LogP contribution in [-0.4, -0.2) is 13.7 Å². The van der Waals surface area contributed by atoms with Gasteiger partial charge in [0.2, 0.25) is 0 Å². The van der Waals surface area contributed by atoms with E-state index >= 15 is 0 Å². The Balaban J connectivity index is 2.26. The molecule has 2 aromatic carbocycles. The van der Waals surface area contributed by atoms with Crippen molar-refractivity contribution in [2.75, 3.05) is 19.0 Å². The van der Waals surface area contributed by atoms with Gasteiger partial charge in [0, 0.05) is 27.8 Å². The van der Waals surface area contributed by atoms with E-state index < -0.39 is 0 Å². The van der Waals surface area contributed by atoms with Gasteiger partial charge in [-0.1, -0.05) is 33.6 Å². The van der Waals surface area contributed by atoms with Gasteiger partial charge in [0.05, 0.1) is 13.2 Å². The van der Waals surface area contributed by atoms with Crippen LogP contribution in [0.5, 0.6) is 5.75 Å². The zero-order valence-corrected chi connectivity index (χ0v) is 13.4. The van der Waals surface area contributed by atoms with Crippen molar-refractivity contribution in [2.24, 2.45) is 5.73 Å². The molecular weight excluding hydrogens is 340 g/mol. The molecule has 2 aromatic rings. The number of methoxy groups -OCH3 is 1. The zero-order chi connectivity index (χ0) is 14.5. The number of rotatable bonds is 5. The highest BCUT2D eigenvalue weighted by atomic mass is 79.9. The summed E-state index contributed by atoms with van der Waals surface area (Å²) in [6.07, 6.45) is 0. The second kappa shape index (κ2) is 6.97. The average Bonchev–Trinajstić information content (AvgIpc) is 2.47. The molecule has 0 radical (unpaired) electrons. The highest BCUT2D eigenvalue weighted by molar-refractivity contribution is 9.10. The summed E-state index contributed by atoms with van der Waals surface area (Å²) in [5.74, 6) is 0.797. The fraction of sp³-hybridized carbons (Fsp3) is 0.200. The molecule has 0 saturated carbocycles. The largest absolute Gasteiger partial charge is 0.497 e. The first-order valence-electron chi connectivity index (χ1n) is 6.19. The van der Waals surface area contributed by atoms with Crippen LogP contribution in [0, 0.1) is 0 Å². The predicted octanol–water partition coefficient (Wildman–Crippen LogP) is 4.22. The van der Waals surface area contributed by atoms with Gasteiger partial charge >= 0.3 is 0 Å². The summed E-state index contributed by atoms with van der Waals surface area (Å²) >= 11 is 9.71. The molecule has 0 aliphatic carbocycles. The molecule has 0 fully saturated rings. The van der Waals surface area contributed by atoms with Crippen LogP contribution < -0.4 is 15.8 Å². The van der Waals surface area contributed by atoms with E-state index in [1.165, 1.54) is 0 Å². The van der Waals surface area contributed by atoms with E-state index in [1.807, 2.05) is 42.5 Å². The Labute approximate surface area is 132 Å². The smallest absolute Gasteiger partial charge is 0.120 e. The molecule has 0 aromatic heterocycles. The molecule has 0 heterocycles. The Morgan fingerprint density at radius 1 is 1.30 bits per heavy atom. The van der Waals surface area contributed by atoms with Crippen LogP contribution in [0.2, 0.25) is 5.02 Å². The van der Waals surface area contributed by atoms with Crippen molar-refractivity contribution in [3.8, 4) is 5.75 Å². The van der Waals surface area contributed by atoms with Gasteiger partial charge in [-0.2, -0.15) is 0 Å². The topological polar surface area (TPSA) is 47.3 Å². The Hall–Kier alpha value is -1.23. The molecule has 2 rings (SSSR count). The second-order valence-electron chi connectivity index (χ2n) is 4.33. The third kappa shape index (κ3) is 3.66. The molecule has 20 heavy (non-hydrogen) atoms. The molecule has 0 bridgehead atoms. The summed E-state index contributed by atoms with van der Waals surface area (Å²) in [7, 11) is 1.64. The van der Waals surface area contributed by atoms with Crippen molar-refractivity contribution in [3.05, 3.63) is 57.5 Å². The highest BCUT2D eigenvalue weighted by Gasteiger charge is 2.14. The number of nitrogens with one attached hydrogen (secondary N) is 1. The molecule has 0 aliphatic heterocycles. The van der Waals surface area contributed by atoms with Gasteiger partial charge in [-0.05, 0) is 35.9 Å². The molecule has 0 amide bonds. The molecule has 0 aliphatic rings. The Kier molecular flexibility index (Phi) is 5.29. The zero-order valence-electron chi connectivity index (χ0n) is 11.1. The average molecular weight is 356 g/mol. The molecule has 5 heteroatoms. The fourth-order valence-corrected chi connectivity index (χ4v) is 2.59. The molecule has 0 saturated heterocycles. The van der Waals surface area contributed by atoms with Crippen LogP contribution in [0.3, 0.4) is 0 Å². The maximum Gasteiger partial charge on any atom is 0.120 e. The van der Waals surface area contributed by atoms with Crippen molar-refractivity contribution in [3.63, 3.8) is 0 Å². The molecule has 0 spiro atoms. The summed E-state index contributed by atoms with van der Waals surface area (Å²) in [5.41, 5.74) is 7.78.